The van der Waals surface area contributed by atoms with E-state index >= 15 is 0 Å². The van der Waals surface area contributed by atoms with E-state index in [1.165, 1.54) is 0 Å². The Morgan fingerprint density at radius 1 is 1.10 bits per heavy atom. The summed E-state index contributed by atoms with van der Waals surface area (Å²) in [5.74, 6) is 1.44. The Labute approximate surface area is 120 Å². The first kappa shape index (κ1) is 14.9. The fourth-order valence-electron chi connectivity index (χ4n) is 2.34. The van der Waals surface area contributed by atoms with E-state index in [4.69, 9.17) is 18.9 Å². The number of benzene rings is 1. The number of hydrogen-bond donors (Lipinski definition) is 0. The van der Waals surface area contributed by atoms with Crippen molar-refractivity contribution in [3.63, 3.8) is 0 Å². The quantitative estimate of drug-likeness (QED) is 0.590. The van der Waals surface area contributed by atoms with Crippen molar-refractivity contribution in [3.8, 4) is 11.5 Å². The van der Waals surface area contributed by atoms with E-state index in [0.717, 1.165) is 36.3 Å². The van der Waals surface area contributed by atoms with Gasteiger partial charge in [-0.1, -0.05) is 12.1 Å². The van der Waals surface area contributed by atoms with Gasteiger partial charge in [0.2, 0.25) is 0 Å². The van der Waals surface area contributed by atoms with Gasteiger partial charge in [0.15, 0.2) is 17.8 Å². The molecule has 0 heterocycles. The Hall–Kier alpha value is -1.52. The third kappa shape index (κ3) is 3.52. The summed E-state index contributed by atoms with van der Waals surface area (Å²) in [5, 5.41) is 0. The highest BCUT2D eigenvalue weighted by Gasteiger charge is 2.16. The summed E-state index contributed by atoms with van der Waals surface area (Å²) in [5.41, 5.74) is 0.908. The molecule has 1 aromatic carbocycles. The fourth-order valence-corrected chi connectivity index (χ4v) is 2.34. The highest BCUT2D eigenvalue weighted by atomic mass is 16.7. The van der Waals surface area contributed by atoms with Crippen LogP contribution < -0.4 is 9.47 Å². The molecule has 0 radical (unpaired) electrons. The zero-order chi connectivity index (χ0) is 14.4. The molecule has 1 aromatic rings. The maximum Gasteiger partial charge on any atom is 0.183 e. The minimum absolute atomic E-state index is 0.108. The standard InChI is InChI=1S/C16H22O4/c1-17-14-10-9-12(16(18-2)19-3)11-15(14)20-13-7-5-4-6-8-13/h5,7,9-11,13,16H,4,6,8H2,1-3H3. The maximum atomic E-state index is 6.03. The predicted octanol–water partition coefficient (Wildman–Crippen LogP) is 3.47. The highest BCUT2D eigenvalue weighted by molar-refractivity contribution is 5.43. The smallest absolute Gasteiger partial charge is 0.183 e. The van der Waals surface area contributed by atoms with E-state index in [1.54, 1.807) is 21.3 Å². The van der Waals surface area contributed by atoms with Gasteiger partial charge in [0.25, 0.3) is 0 Å². The second-order valence-electron chi connectivity index (χ2n) is 4.73. The topological polar surface area (TPSA) is 36.9 Å². The van der Waals surface area contributed by atoms with Crippen molar-refractivity contribution in [2.45, 2.75) is 31.7 Å². The summed E-state index contributed by atoms with van der Waals surface area (Å²) in [4.78, 5) is 0. The Bertz CT molecular complexity index is 452. The van der Waals surface area contributed by atoms with Crippen LogP contribution in [-0.4, -0.2) is 27.4 Å². The molecule has 0 amide bonds. The molecule has 1 aliphatic carbocycles. The highest BCUT2D eigenvalue weighted by Crippen LogP contribution is 2.33. The van der Waals surface area contributed by atoms with Crippen LogP contribution in [0.1, 0.15) is 31.1 Å². The average molecular weight is 278 g/mol. The summed E-state index contributed by atoms with van der Waals surface area (Å²) in [6.45, 7) is 0. The summed E-state index contributed by atoms with van der Waals surface area (Å²) in [6, 6.07) is 5.71. The van der Waals surface area contributed by atoms with Crippen LogP contribution in [0.3, 0.4) is 0 Å². The minimum Gasteiger partial charge on any atom is -0.493 e. The van der Waals surface area contributed by atoms with Crippen LogP contribution in [0, 0.1) is 0 Å². The van der Waals surface area contributed by atoms with Crippen LogP contribution in [0.4, 0.5) is 0 Å². The first-order chi connectivity index (χ1) is 9.78. The van der Waals surface area contributed by atoms with Crippen LogP contribution in [-0.2, 0) is 9.47 Å². The van der Waals surface area contributed by atoms with Crippen molar-refractivity contribution in [1.29, 1.82) is 0 Å². The molecule has 4 heteroatoms. The van der Waals surface area contributed by atoms with Gasteiger partial charge in [0, 0.05) is 19.8 Å². The van der Waals surface area contributed by atoms with E-state index in [1.807, 2.05) is 18.2 Å². The predicted molar refractivity (Wildman–Crippen MR) is 77.2 cm³/mol. The fraction of sp³-hybridized carbons (Fsp3) is 0.500. The lowest BCUT2D eigenvalue weighted by Gasteiger charge is -2.21. The zero-order valence-electron chi connectivity index (χ0n) is 12.3. The van der Waals surface area contributed by atoms with Gasteiger partial charge in [0.1, 0.15) is 6.10 Å². The van der Waals surface area contributed by atoms with Crippen molar-refractivity contribution in [2.24, 2.45) is 0 Å². The van der Waals surface area contributed by atoms with Crippen molar-refractivity contribution < 1.29 is 18.9 Å². The van der Waals surface area contributed by atoms with E-state index in [-0.39, 0.29) is 6.10 Å². The molecule has 1 atom stereocenters. The Morgan fingerprint density at radius 2 is 1.90 bits per heavy atom. The lowest BCUT2D eigenvalue weighted by atomic mass is 10.1. The third-order valence-electron chi connectivity index (χ3n) is 3.38. The molecule has 0 fully saturated rings. The number of ether oxygens (including phenoxy) is 4. The lowest BCUT2D eigenvalue weighted by Crippen LogP contribution is -2.16. The molecular weight excluding hydrogens is 256 g/mol. The van der Waals surface area contributed by atoms with Gasteiger partial charge >= 0.3 is 0 Å². The molecule has 0 saturated carbocycles. The Kier molecular flexibility index (Phi) is 5.44. The molecule has 2 rings (SSSR count). The number of rotatable bonds is 6. The minimum atomic E-state index is -0.398. The second-order valence-corrected chi connectivity index (χ2v) is 4.73. The number of hydrogen-bond acceptors (Lipinski definition) is 4. The van der Waals surface area contributed by atoms with E-state index in [0.29, 0.717) is 0 Å². The SMILES string of the molecule is COc1ccc(C(OC)OC)cc1OC1C=CCCC1. The Balaban J connectivity index is 2.21. The van der Waals surface area contributed by atoms with Crippen molar-refractivity contribution >= 4 is 0 Å². The van der Waals surface area contributed by atoms with E-state index in [9.17, 15) is 0 Å². The molecule has 0 spiro atoms. The molecule has 110 valence electrons. The molecule has 4 nitrogen and oxygen atoms in total. The van der Waals surface area contributed by atoms with Gasteiger partial charge in [-0.3, -0.25) is 0 Å². The van der Waals surface area contributed by atoms with Gasteiger partial charge in [-0.05, 0) is 37.5 Å². The lowest BCUT2D eigenvalue weighted by molar-refractivity contribution is -0.106. The second kappa shape index (κ2) is 7.31. The summed E-state index contributed by atoms with van der Waals surface area (Å²) < 4.78 is 21.9. The van der Waals surface area contributed by atoms with E-state index in [2.05, 4.69) is 12.2 Å². The molecule has 1 aliphatic rings. The third-order valence-corrected chi connectivity index (χ3v) is 3.38. The Morgan fingerprint density at radius 3 is 2.50 bits per heavy atom. The molecule has 1 unspecified atom stereocenters. The monoisotopic (exact) mass is 278 g/mol. The van der Waals surface area contributed by atoms with Crippen LogP contribution in [0.15, 0.2) is 30.4 Å². The largest absolute Gasteiger partial charge is 0.493 e. The van der Waals surface area contributed by atoms with Gasteiger partial charge in [-0.25, -0.2) is 0 Å². The van der Waals surface area contributed by atoms with E-state index < -0.39 is 6.29 Å². The number of methoxy groups -OCH3 is 3. The van der Waals surface area contributed by atoms with Gasteiger partial charge in [-0.2, -0.15) is 0 Å². The zero-order valence-corrected chi connectivity index (χ0v) is 12.3. The van der Waals surface area contributed by atoms with Crippen molar-refractivity contribution in [1.82, 2.24) is 0 Å². The molecule has 0 aromatic heterocycles. The van der Waals surface area contributed by atoms with Crippen LogP contribution >= 0.6 is 0 Å². The van der Waals surface area contributed by atoms with Crippen LogP contribution in [0.25, 0.3) is 0 Å². The molecule has 0 saturated heterocycles. The summed E-state index contributed by atoms with van der Waals surface area (Å²) in [6.07, 6.45) is 7.30. The average Bonchev–Trinajstić information content (AvgIpc) is 2.50. The first-order valence-corrected chi connectivity index (χ1v) is 6.85. The van der Waals surface area contributed by atoms with Gasteiger partial charge < -0.3 is 18.9 Å². The van der Waals surface area contributed by atoms with Crippen molar-refractivity contribution in [3.05, 3.63) is 35.9 Å². The maximum absolute atomic E-state index is 6.03. The van der Waals surface area contributed by atoms with Crippen LogP contribution in [0.5, 0.6) is 11.5 Å². The van der Waals surface area contributed by atoms with Crippen molar-refractivity contribution in [2.75, 3.05) is 21.3 Å². The molecular formula is C16H22O4. The summed E-state index contributed by atoms with van der Waals surface area (Å²) >= 11 is 0. The molecule has 0 N–H and O–H groups in total. The normalized spacial score (nSPS) is 18.3. The first-order valence-electron chi connectivity index (χ1n) is 6.85. The number of allylic oxidation sites excluding steroid dienone is 1. The summed E-state index contributed by atoms with van der Waals surface area (Å²) in [7, 11) is 4.87. The van der Waals surface area contributed by atoms with Gasteiger partial charge in [-0.15, -0.1) is 0 Å². The molecule has 0 bridgehead atoms. The molecule has 0 aliphatic heterocycles. The van der Waals surface area contributed by atoms with Gasteiger partial charge in [0.05, 0.1) is 7.11 Å². The molecule has 20 heavy (non-hydrogen) atoms. The van der Waals surface area contributed by atoms with Crippen LogP contribution in [0.2, 0.25) is 0 Å².